The fourth-order valence-corrected chi connectivity index (χ4v) is 3.51. The van der Waals surface area contributed by atoms with Gasteiger partial charge in [0, 0.05) is 18.7 Å². The second-order valence-electron chi connectivity index (χ2n) is 6.54. The van der Waals surface area contributed by atoms with E-state index >= 15 is 0 Å². The van der Waals surface area contributed by atoms with Crippen molar-refractivity contribution in [1.82, 2.24) is 4.57 Å². The summed E-state index contributed by atoms with van der Waals surface area (Å²) < 4.78 is 7.01. The Morgan fingerprint density at radius 2 is 1.93 bits per heavy atom. The maximum absolute atomic E-state index is 11.8. The van der Waals surface area contributed by atoms with Gasteiger partial charge in [-0.25, -0.2) is 0 Å². The highest BCUT2D eigenvalue weighted by Crippen LogP contribution is 2.39. The first kappa shape index (κ1) is 19.7. The number of hydrogen-bond donors (Lipinski definition) is 3. The van der Waals surface area contributed by atoms with Gasteiger partial charge in [-0.2, -0.15) is 0 Å². The van der Waals surface area contributed by atoms with E-state index in [1.54, 1.807) is 32.2 Å². The third kappa shape index (κ3) is 3.51. The van der Waals surface area contributed by atoms with Gasteiger partial charge in [-0.05, 0) is 43.3 Å². The van der Waals surface area contributed by atoms with Gasteiger partial charge >= 0.3 is 0 Å². The maximum atomic E-state index is 11.8. The van der Waals surface area contributed by atoms with Crippen LogP contribution in [-0.4, -0.2) is 40.0 Å². The van der Waals surface area contributed by atoms with E-state index in [0.717, 1.165) is 5.69 Å². The Bertz CT molecular complexity index is 995. The number of fused-ring (bicyclic) bond motifs is 1. The molecule has 0 aliphatic rings. The third-order valence-corrected chi connectivity index (χ3v) is 4.84. The number of benzene rings is 2. The monoisotopic (exact) mass is 386 g/mol. The molecule has 148 valence electrons. The number of phenolic OH excluding ortho intramolecular Hbond substituents is 1. The first-order valence-corrected chi connectivity index (χ1v) is 9.06. The van der Waals surface area contributed by atoms with Crippen molar-refractivity contribution in [2.75, 3.05) is 20.3 Å². The number of quaternary nitrogens is 1. The summed E-state index contributed by atoms with van der Waals surface area (Å²) in [7, 11) is 1.58. The Kier molecular flexibility index (Phi) is 5.81. The van der Waals surface area contributed by atoms with Gasteiger partial charge in [0.2, 0.25) is 0 Å². The molecule has 3 aromatic rings. The Morgan fingerprint density at radius 3 is 2.54 bits per heavy atom. The predicted octanol–water partition coefficient (Wildman–Crippen LogP) is 2.01. The topological polar surface area (TPSA) is 114 Å². The summed E-state index contributed by atoms with van der Waals surface area (Å²) in [5, 5.41) is 33.7. The number of aromatic hydroxyl groups is 1. The highest BCUT2D eigenvalue weighted by molar-refractivity contribution is 5.96. The van der Waals surface area contributed by atoms with Gasteiger partial charge in [-0.15, -0.1) is 0 Å². The zero-order chi connectivity index (χ0) is 20.3. The molecule has 0 aliphatic carbocycles. The molecule has 3 rings (SSSR count). The van der Waals surface area contributed by atoms with Gasteiger partial charge in [0.1, 0.15) is 18.0 Å². The van der Waals surface area contributed by atoms with Crippen LogP contribution in [0.5, 0.6) is 11.5 Å². The number of nitrogens with two attached hydrogens (primary N) is 1. The van der Waals surface area contributed by atoms with Gasteiger partial charge in [0.25, 0.3) is 5.69 Å². The lowest BCUT2D eigenvalue weighted by Gasteiger charge is -2.12. The van der Waals surface area contributed by atoms with Crippen molar-refractivity contribution in [2.45, 2.75) is 19.9 Å². The van der Waals surface area contributed by atoms with Crippen LogP contribution in [0.15, 0.2) is 36.4 Å². The lowest BCUT2D eigenvalue weighted by atomic mass is 10.1. The zero-order valence-corrected chi connectivity index (χ0v) is 15.9. The minimum Gasteiger partial charge on any atom is -0.507 e. The molecule has 0 aliphatic heterocycles. The van der Waals surface area contributed by atoms with Crippen LogP contribution < -0.4 is 10.1 Å². The number of rotatable bonds is 8. The summed E-state index contributed by atoms with van der Waals surface area (Å²) in [5.41, 5.74) is 2.52. The molecule has 0 saturated carbocycles. The lowest BCUT2D eigenvalue weighted by Crippen LogP contribution is -2.82. The summed E-state index contributed by atoms with van der Waals surface area (Å²) in [6, 6.07) is 10.3. The molecule has 28 heavy (non-hydrogen) atoms. The zero-order valence-electron chi connectivity index (χ0n) is 15.9. The first-order valence-electron chi connectivity index (χ1n) is 9.06. The first-order chi connectivity index (χ1) is 13.5. The largest absolute Gasteiger partial charge is 0.507 e. The lowest BCUT2D eigenvalue weighted by molar-refractivity contribution is -0.670. The van der Waals surface area contributed by atoms with Crippen LogP contribution in [0.1, 0.15) is 17.7 Å². The molecule has 0 radical (unpaired) electrons. The Morgan fingerprint density at radius 1 is 1.21 bits per heavy atom. The van der Waals surface area contributed by atoms with Crippen molar-refractivity contribution in [1.29, 1.82) is 0 Å². The maximum Gasteiger partial charge on any atom is 0.298 e. The van der Waals surface area contributed by atoms with Crippen molar-refractivity contribution in [2.24, 2.45) is 0 Å². The van der Waals surface area contributed by atoms with Crippen LogP contribution in [0.4, 0.5) is 5.69 Å². The molecule has 4 N–H and O–H groups in total. The molecular formula is C20H24N3O5+. The molecule has 0 spiro atoms. The molecule has 1 aromatic heterocycles. The molecule has 8 heteroatoms. The standard InChI is InChI=1S/C20H23N3O5/c1-13-19(23(26)27)16-8-9-18(25)17(12-21-10-3-11-24)20(16)22(13)14-4-6-15(28-2)7-5-14/h4-9,21,24-25H,3,10-12H2,1-2H3/p+1. The minimum absolute atomic E-state index is 0.0300. The summed E-state index contributed by atoms with van der Waals surface area (Å²) in [4.78, 5) is 11.4. The highest BCUT2D eigenvalue weighted by Gasteiger charge is 2.27. The number of methoxy groups -OCH3 is 1. The molecule has 0 unspecified atom stereocenters. The van der Waals surface area contributed by atoms with Gasteiger partial charge in [0.05, 0.1) is 40.7 Å². The van der Waals surface area contributed by atoms with Crippen LogP contribution in [0.3, 0.4) is 0 Å². The van der Waals surface area contributed by atoms with E-state index in [2.05, 4.69) is 0 Å². The molecule has 1 heterocycles. The average molecular weight is 386 g/mol. The Balaban J connectivity index is 2.23. The van der Waals surface area contributed by atoms with E-state index in [9.17, 15) is 15.2 Å². The van der Waals surface area contributed by atoms with Crippen LogP contribution in [0.2, 0.25) is 0 Å². The summed E-state index contributed by atoms with van der Waals surface area (Å²) in [6.45, 7) is 2.94. The number of ether oxygens (including phenoxy) is 1. The molecule has 0 saturated heterocycles. The molecule has 0 fully saturated rings. The summed E-state index contributed by atoms with van der Waals surface area (Å²) >= 11 is 0. The smallest absolute Gasteiger partial charge is 0.298 e. The van der Waals surface area contributed by atoms with Gasteiger partial charge in [0.15, 0.2) is 0 Å². The van der Waals surface area contributed by atoms with E-state index in [0.29, 0.717) is 47.4 Å². The molecule has 0 bridgehead atoms. The molecule has 8 nitrogen and oxygen atoms in total. The fraction of sp³-hybridized carbons (Fsp3) is 0.300. The number of aliphatic hydroxyl groups is 1. The Labute approximate surface area is 162 Å². The van der Waals surface area contributed by atoms with E-state index < -0.39 is 0 Å². The molecule has 0 atom stereocenters. The van der Waals surface area contributed by atoms with Gasteiger partial charge in [-0.3, -0.25) is 10.1 Å². The highest BCUT2D eigenvalue weighted by atomic mass is 16.6. The second-order valence-corrected chi connectivity index (χ2v) is 6.54. The van der Waals surface area contributed by atoms with E-state index in [1.807, 2.05) is 22.0 Å². The number of phenols is 1. The van der Waals surface area contributed by atoms with Crippen LogP contribution in [0.25, 0.3) is 16.6 Å². The summed E-state index contributed by atoms with van der Waals surface area (Å²) in [6.07, 6.45) is 0.634. The van der Waals surface area contributed by atoms with Crippen molar-refractivity contribution in [3.8, 4) is 17.2 Å². The average Bonchev–Trinajstić information content (AvgIpc) is 2.99. The van der Waals surface area contributed by atoms with E-state index in [1.165, 1.54) is 6.07 Å². The number of nitrogens with zero attached hydrogens (tertiary/aromatic N) is 2. The third-order valence-electron chi connectivity index (χ3n) is 4.84. The SMILES string of the molecule is COc1ccc(-n2c(C)c([N+](=O)[O-])c3ccc(O)c(C[NH2+]CCCO)c32)cc1. The summed E-state index contributed by atoms with van der Waals surface area (Å²) in [5.74, 6) is 0.780. The number of hydrogen-bond acceptors (Lipinski definition) is 5. The van der Waals surface area contributed by atoms with Crippen molar-refractivity contribution in [3.05, 3.63) is 57.8 Å². The van der Waals surface area contributed by atoms with Crippen molar-refractivity contribution < 1.29 is 25.2 Å². The normalized spacial score (nSPS) is 11.1. The van der Waals surface area contributed by atoms with Gasteiger partial charge < -0.3 is 24.8 Å². The van der Waals surface area contributed by atoms with E-state index in [4.69, 9.17) is 9.84 Å². The number of nitro groups is 1. The number of aromatic nitrogens is 1. The van der Waals surface area contributed by atoms with Crippen molar-refractivity contribution in [3.63, 3.8) is 0 Å². The fourth-order valence-electron chi connectivity index (χ4n) is 3.51. The predicted molar refractivity (Wildman–Crippen MR) is 105 cm³/mol. The minimum atomic E-state index is -0.381. The quantitative estimate of drug-likeness (QED) is 0.311. The molecular weight excluding hydrogens is 362 g/mol. The van der Waals surface area contributed by atoms with Crippen LogP contribution in [0, 0.1) is 17.0 Å². The number of aliphatic hydroxyl groups excluding tert-OH is 1. The second kappa shape index (κ2) is 8.28. The van der Waals surface area contributed by atoms with Crippen LogP contribution >= 0.6 is 0 Å². The Hall–Kier alpha value is -3.10. The molecule has 2 aromatic carbocycles. The van der Waals surface area contributed by atoms with E-state index in [-0.39, 0.29) is 23.0 Å². The molecule has 0 amide bonds. The van der Waals surface area contributed by atoms with Gasteiger partial charge in [-0.1, -0.05) is 0 Å². The van der Waals surface area contributed by atoms with Crippen LogP contribution in [-0.2, 0) is 6.54 Å². The van der Waals surface area contributed by atoms with Crippen molar-refractivity contribution >= 4 is 16.6 Å².